The summed E-state index contributed by atoms with van der Waals surface area (Å²) in [5, 5.41) is 3.78. The molecule has 0 amide bonds. The van der Waals surface area contributed by atoms with Gasteiger partial charge in [-0.1, -0.05) is 22.9 Å². The molecular formula is C17H13FN2O3. The highest BCUT2D eigenvalue weighted by atomic mass is 19.1. The fourth-order valence-corrected chi connectivity index (χ4v) is 2.01. The first kappa shape index (κ1) is 14.9. The fraction of sp³-hybridized carbons (Fsp3) is 0.118. The van der Waals surface area contributed by atoms with E-state index in [-0.39, 0.29) is 18.3 Å². The van der Waals surface area contributed by atoms with E-state index in [0.717, 1.165) is 5.56 Å². The Morgan fingerprint density at radius 2 is 2.00 bits per heavy atom. The van der Waals surface area contributed by atoms with E-state index in [1.807, 2.05) is 13.0 Å². The molecule has 23 heavy (non-hydrogen) atoms. The average molecular weight is 312 g/mol. The zero-order valence-corrected chi connectivity index (χ0v) is 12.3. The van der Waals surface area contributed by atoms with Crippen molar-refractivity contribution < 1.29 is 18.4 Å². The third kappa shape index (κ3) is 3.60. The molecule has 0 radical (unpaired) electrons. The van der Waals surface area contributed by atoms with Crippen molar-refractivity contribution in [3.8, 4) is 11.4 Å². The number of carbonyl (C=O) groups is 1. The molecule has 6 heteroatoms. The van der Waals surface area contributed by atoms with Crippen LogP contribution >= 0.6 is 0 Å². The second-order valence-electron chi connectivity index (χ2n) is 4.96. The lowest BCUT2D eigenvalue weighted by Gasteiger charge is -2.02. The smallest absolute Gasteiger partial charge is 0.338 e. The summed E-state index contributed by atoms with van der Waals surface area (Å²) in [4.78, 5) is 16.0. The molecule has 3 aromatic rings. The Morgan fingerprint density at radius 1 is 1.22 bits per heavy atom. The summed E-state index contributed by atoms with van der Waals surface area (Å²) in [5.41, 5.74) is 2.05. The van der Waals surface area contributed by atoms with Gasteiger partial charge in [-0.25, -0.2) is 9.18 Å². The Balaban J connectivity index is 1.65. The van der Waals surface area contributed by atoms with E-state index in [9.17, 15) is 9.18 Å². The minimum absolute atomic E-state index is 0.124. The Labute approximate surface area is 131 Å². The van der Waals surface area contributed by atoms with Crippen molar-refractivity contribution in [1.29, 1.82) is 0 Å². The first-order chi connectivity index (χ1) is 11.1. The lowest BCUT2D eigenvalue weighted by atomic mass is 10.1. The van der Waals surface area contributed by atoms with Gasteiger partial charge < -0.3 is 9.26 Å². The van der Waals surface area contributed by atoms with E-state index >= 15 is 0 Å². The van der Waals surface area contributed by atoms with Crippen molar-refractivity contribution in [1.82, 2.24) is 10.1 Å². The lowest BCUT2D eigenvalue weighted by Crippen LogP contribution is -2.05. The maximum Gasteiger partial charge on any atom is 0.338 e. The molecule has 0 aliphatic heterocycles. The molecule has 0 unspecified atom stereocenters. The molecule has 3 rings (SSSR count). The van der Waals surface area contributed by atoms with Gasteiger partial charge in [0.15, 0.2) is 6.61 Å². The molecule has 2 aromatic carbocycles. The zero-order chi connectivity index (χ0) is 16.2. The summed E-state index contributed by atoms with van der Waals surface area (Å²) in [6.45, 7) is 1.77. The predicted octanol–water partition coefficient (Wildman–Crippen LogP) is 3.54. The Morgan fingerprint density at radius 3 is 2.74 bits per heavy atom. The third-order valence-electron chi connectivity index (χ3n) is 3.15. The Kier molecular flexibility index (Phi) is 4.14. The van der Waals surface area contributed by atoms with Crippen LogP contribution in [0.1, 0.15) is 21.8 Å². The van der Waals surface area contributed by atoms with Gasteiger partial charge in [0.25, 0.3) is 5.89 Å². The lowest BCUT2D eigenvalue weighted by molar-refractivity contribution is 0.0429. The highest BCUT2D eigenvalue weighted by Crippen LogP contribution is 2.16. The molecule has 0 aliphatic carbocycles. The third-order valence-corrected chi connectivity index (χ3v) is 3.15. The zero-order valence-electron chi connectivity index (χ0n) is 12.3. The van der Waals surface area contributed by atoms with E-state index in [1.54, 1.807) is 30.3 Å². The molecule has 0 saturated heterocycles. The summed E-state index contributed by atoms with van der Waals surface area (Å²) < 4.78 is 23.1. The summed E-state index contributed by atoms with van der Waals surface area (Å²) >= 11 is 0. The molecule has 1 heterocycles. The highest BCUT2D eigenvalue weighted by Gasteiger charge is 2.12. The number of aryl methyl sites for hydroxylation is 1. The molecule has 0 bridgehead atoms. The van der Waals surface area contributed by atoms with Gasteiger partial charge in [0.2, 0.25) is 5.82 Å². The SMILES string of the molecule is Cc1cccc(C(=O)OCc2nc(-c3ccc(F)cc3)no2)c1. The number of nitrogens with zero attached hydrogens (tertiary/aromatic N) is 2. The number of hydrogen-bond donors (Lipinski definition) is 0. The van der Waals surface area contributed by atoms with Crippen LogP contribution in [0, 0.1) is 12.7 Å². The number of halogens is 1. The normalized spacial score (nSPS) is 10.5. The monoisotopic (exact) mass is 312 g/mol. The van der Waals surface area contributed by atoms with Crippen molar-refractivity contribution in [2.24, 2.45) is 0 Å². The average Bonchev–Trinajstić information content (AvgIpc) is 3.02. The van der Waals surface area contributed by atoms with Crippen LogP contribution in [-0.2, 0) is 11.3 Å². The van der Waals surface area contributed by atoms with Crippen LogP contribution in [-0.4, -0.2) is 16.1 Å². The van der Waals surface area contributed by atoms with Crippen molar-refractivity contribution in [3.63, 3.8) is 0 Å². The fourth-order valence-electron chi connectivity index (χ4n) is 2.01. The predicted molar refractivity (Wildman–Crippen MR) is 80.0 cm³/mol. The Hall–Kier alpha value is -3.02. The molecule has 5 nitrogen and oxygen atoms in total. The van der Waals surface area contributed by atoms with Crippen LogP contribution in [0.3, 0.4) is 0 Å². The summed E-state index contributed by atoms with van der Waals surface area (Å²) in [7, 11) is 0. The number of benzene rings is 2. The highest BCUT2D eigenvalue weighted by molar-refractivity contribution is 5.89. The van der Waals surface area contributed by atoms with Gasteiger partial charge in [-0.3, -0.25) is 0 Å². The van der Waals surface area contributed by atoms with Crippen LogP contribution in [0.15, 0.2) is 53.1 Å². The molecular weight excluding hydrogens is 299 g/mol. The summed E-state index contributed by atoms with van der Waals surface area (Å²) in [5.74, 6) is -0.322. The molecule has 0 fully saturated rings. The van der Waals surface area contributed by atoms with Crippen LogP contribution in [0.25, 0.3) is 11.4 Å². The van der Waals surface area contributed by atoms with Gasteiger partial charge in [-0.05, 0) is 43.3 Å². The summed E-state index contributed by atoms with van der Waals surface area (Å²) in [6, 6.07) is 12.8. The largest absolute Gasteiger partial charge is 0.452 e. The van der Waals surface area contributed by atoms with Gasteiger partial charge >= 0.3 is 5.97 Å². The molecule has 116 valence electrons. The van der Waals surface area contributed by atoms with Crippen molar-refractivity contribution in [3.05, 3.63) is 71.4 Å². The van der Waals surface area contributed by atoms with Gasteiger partial charge in [0.1, 0.15) is 5.82 Å². The second kappa shape index (κ2) is 6.39. The number of esters is 1. The van der Waals surface area contributed by atoms with E-state index in [0.29, 0.717) is 17.0 Å². The molecule has 0 saturated carbocycles. The number of ether oxygens (including phenoxy) is 1. The van der Waals surface area contributed by atoms with Crippen LogP contribution in [0.2, 0.25) is 0 Å². The van der Waals surface area contributed by atoms with E-state index in [4.69, 9.17) is 9.26 Å². The first-order valence-electron chi connectivity index (χ1n) is 6.94. The van der Waals surface area contributed by atoms with E-state index < -0.39 is 5.97 Å². The molecule has 0 N–H and O–H groups in total. The maximum absolute atomic E-state index is 12.9. The van der Waals surface area contributed by atoms with Gasteiger partial charge in [0.05, 0.1) is 5.56 Å². The molecule has 1 aromatic heterocycles. The van der Waals surface area contributed by atoms with Crippen molar-refractivity contribution in [2.75, 3.05) is 0 Å². The summed E-state index contributed by atoms with van der Waals surface area (Å²) in [6.07, 6.45) is 0. The topological polar surface area (TPSA) is 65.2 Å². The van der Waals surface area contributed by atoms with Gasteiger partial charge in [-0.15, -0.1) is 0 Å². The van der Waals surface area contributed by atoms with Crippen LogP contribution in [0.4, 0.5) is 4.39 Å². The number of hydrogen-bond acceptors (Lipinski definition) is 5. The number of aromatic nitrogens is 2. The van der Waals surface area contributed by atoms with Gasteiger partial charge in [-0.2, -0.15) is 4.98 Å². The van der Waals surface area contributed by atoms with Gasteiger partial charge in [0, 0.05) is 5.56 Å². The minimum atomic E-state index is -0.463. The number of carbonyl (C=O) groups excluding carboxylic acids is 1. The second-order valence-corrected chi connectivity index (χ2v) is 4.96. The van der Waals surface area contributed by atoms with Crippen molar-refractivity contribution >= 4 is 5.97 Å². The van der Waals surface area contributed by atoms with Crippen LogP contribution in [0.5, 0.6) is 0 Å². The van der Waals surface area contributed by atoms with Crippen LogP contribution < -0.4 is 0 Å². The van der Waals surface area contributed by atoms with E-state index in [1.165, 1.54) is 12.1 Å². The number of rotatable bonds is 4. The molecule has 0 atom stereocenters. The maximum atomic E-state index is 12.9. The van der Waals surface area contributed by atoms with Crippen molar-refractivity contribution in [2.45, 2.75) is 13.5 Å². The first-order valence-corrected chi connectivity index (χ1v) is 6.94. The Bertz CT molecular complexity index is 828. The quantitative estimate of drug-likeness (QED) is 0.689. The minimum Gasteiger partial charge on any atom is -0.452 e. The van der Waals surface area contributed by atoms with E-state index in [2.05, 4.69) is 10.1 Å². The standard InChI is InChI=1S/C17H13FN2O3/c1-11-3-2-4-13(9-11)17(21)22-10-15-19-16(20-23-15)12-5-7-14(18)8-6-12/h2-9H,10H2,1H3. The molecule has 0 spiro atoms. The molecule has 0 aliphatic rings.